The van der Waals surface area contributed by atoms with Crippen LogP contribution < -0.4 is 11.1 Å². The highest BCUT2D eigenvalue weighted by atomic mass is 16.2. The van der Waals surface area contributed by atoms with E-state index >= 15 is 0 Å². The van der Waals surface area contributed by atoms with Gasteiger partial charge in [-0.1, -0.05) is 43.5 Å². The molecule has 130 valence electrons. The molecule has 6 nitrogen and oxygen atoms in total. The van der Waals surface area contributed by atoms with E-state index in [1.165, 1.54) is 0 Å². The van der Waals surface area contributed by atoms with E-state index in [1.54, 1.807) is 6.20 Å². The van der Waals surface area contributed by atoms with E-state index in [9.17, 15) is 10.1 Å². The van der Waals surface area contributed by atoms with Crippen LogP contribution >= 0.6 is 0 Å². The van der Waals surface area contributed by atoms with Crippen molar-refractivity contribution in [2.75, 3.05) is 0 Å². The lowest BCUT2D eigenvalue weighted by Gasteiger charge is -2.32. The van der Waals surface area contributed by atoms with Gasteiger partial charge in [0.2, 0.25) is 5.91 Å². The number of aromatic nitrogens is 2. The molecule has 0 spiro atoms. The largest absolute Gasteiger partial charge is 0.338 e. The highest BCUT2D eigenvalue weighted by molar-refractivity contribution is 5.86. The van der Waals surface area contributed by atoms with Crippen LogP contribution in [0.15, 0.2) is 36.7 Å². The summed E-state index contributed by atoms with van der Waals surface area (Å²) in [5.41, 5.74) is 8.48. The van der Waals surface area contributed by atoms with Gasteiger partial charge in [-0.15, -0.1) is 0 Å². The molecule has 0 saturated heterocycles. The highest BCUT2D eigenvalue weighted by Crippen LogP contribution is 2.26. The lowest BCUT2D eigenvalue weighted by Crippen LogP contribution is -2.57. The maximum Gasteiger partial charge on any atom is 0.241 e. The molecule has 1 aromatic carbocycles. The summed E-state index contributed by atoms with van der Waals surface area (Å²) in [6, 6.07) is 9.52. The first-order valence-corrected chi connectivity index (χ1v) is 8.68. The molecule has 1 atom stereocenters. The SMILES string of the molecule is N#CC(Cc1ccc(-c2cn[nH]c2)cc1)NC(=O)C1(N)CCCCC1. The molecule has 1 fully saturated rings. The number of benzene rings is 1. The van der Waals surface area contributed by atoms with Gasteiger partial charge in [0.25, 0.3) is 0 Å². The van der Waals surface area contributed by atoms with Crippen LogP contribution in [0, 0.1) is 11.3 Å². The van der Waals surface area contributed by atoms with Crippen LogP contribution in [0.2, 0.25) is 0 Å². The summed E-state index contributed by atoms with van der Waals surface area (Å²) in [6.45, 7) is 0. The minimum absolute atomic E-state index is 0.200. The lowest BCUT2D eigenvalue weighted by atomic mass is 9.81. The van der Waals surface area contributed by atoms with Crippen molar-refractivity contribution in [3.05, 3.63) is 42.2 Å². The van der Waals surface area contributed by atoms with Crippen molar-refractivity contribution in [2.45, 2.75) is 50.1 Å². The smallest absolute Gasteiger partial charge is 0.241 e. The van der Waals surface area contributed by atoms with E-state index in [0.717, 1.165) is 36.0 Å². The van der Waals surface area contributed by atoms with E-state index in [-0.39, 0.29) is 5.91 Å². The van der Waals surface area contributed by atoms with Crippen LogP contribution in [0.25, 0.3) is 11.1 Å². The zero-order valence-corrected chi connectivity index (χ0v) is 14.2. The maximum atomic E-state index is 12.5. The van der Waals surface area contributed by atoms with Crippen LogP contribution in [0.5, 0.6) is 0 Å². The second-order valence-corrected chi connectivity index (χ2v) is 6.76. The normalized spacial score (nSPS) is 17.4. The molecule has 0 radical (unpaired) electrons. The van der Waals surface area contributed by atoms with Gasteiger partial charge in [-0.3, -0.25) is 9.89 Å². The summed E-state index contributed by atoms with van der Waals surface area (Å²) in [5, 5.41) is 19.0. The molecular weight excluding hydrogens is 314 g/mol. The van der Waals surface area contributed by atoms with Crippen molar-refractivity contribution in [3.63, 3.8) is 0 Å². The van der Waals surface area contributed by atoms with Crippen molar-refractivity contribution in [2.24, 2.45) is 5.73 Å². The van der Waals surface area contributed by atoms with Gasteiger partial charge >= 0.3 is 0 Å². The minimum atomic E-state index is -0.821. The van der Waals surface area contributed by atoms with Crippen molar-refractivity contribution in [1.82, 2.24) is 15.5 Å². The van der Waals surface area contributed by atoms with Crippen LogP contribution in [-0.2, 0) is 11.2 Å². The molecule has 25 heavy (non-hydrogen) atoms. The summed E-state index contributed by atoms with van der Waals surface area (Å²) in [6.07, 6.45) is 8.50. The second kappa shape index (κ2) is 7.49. The quantitative estimate of drug-likeness (QED) is 0.778. The predicted octanol–water partition coefficient (Wildman–Crippen LogP) is 2.29. The Morgan fingerprint density at radius 2 is 2.00 bits per heavy atom. The number of carbonyl (C=O) groups is 1. The van der Waals surface area contributed by atoms with Crippen LogP contribution in [0.3, 0.4) is 0 Å². The molecule has 2 aromatic rings. The van der Waals surface area contributed by atoms with Gasteiger partial charge in [-0.25, -0.2) is 0 Å². The van der Waals surface area contributed by atoms with Gasteiger partial charge in [0.15, 0.2) is 0 Å². The molecule has 0 aliphatic heterocycles. The fraction of sp³-hybridized carbons (Fsp3) is 0.421. The van der Waals surface area contributed by atoms with Gasteiger partial charge in [-0.2, -0.15) is 10.4 Å². The second-order valence-electron chi connectivity index (χ2n) is 6.76. The number of carbonyl (C=O) groups excluding carboxylic acids is 1. The van der Waals surface area contributed by atoms with Crippen LogP contribution in [-0.4, -0.2) is 27.7 Å². The lowest BCUT2D eigenvalue weighted by molar-refractivity contribution is -0.127. The molecule has 1 aliphatic rings. The first-order chi connectivity index (χ1) is 12.1. The number of nitrogens with zero attached hydrogens (tertiary/aromatic N) is 2. The summed E-state index contributed by atoms with van der Waals surface area (Å²) in [4.78, 5) is 12.5. The fourth-order valence-electron chi connectivity index (χ4n) is 3.32. The molecule has 0 bridgehead atoms. The van der Waals surface area contributed by atoms with E-state index in [1.807, 2.05) is 30.5 Å². The number of nitrogens with one attached hydrogen (secondary N) is 2. The average molecular weight is 337 g/mol. The Morgan fingerprint density at radius 1 is 1.28 bits per heavy atom. The Labute approximate surface area is 147 Å². The summed E-state index contributed by atoms with van der Waals surface area (Å²) < 4.78 is 0. The number of hydrogen-bond acceptors (Lipinski definition) is 4. The number of amides is 1. The predicted molar refractivity (Wildman–Crippen MR) is 95.3 cm³/mol. The standard InChI is InChI=1S/C19H23N5O/c20-11-17(24-18(25)19(21)8-2-1-3-9-19)10-14-4-6-15(7-5-14)16-12-22-23-13-16/h4-7,12-13,17H,1-3,8-10,21H2,(H,22,23)(H,24,25). The van der Waals surface area contributed by atoms with Gasteiger partial charge in [0.1, 0.15) is 6.04 Å². The molecule has 4 N–H and O–H groups in total. The third-order valence-corrected chi connectivity index (χ3v) is 4.88. The first kappa shape index (κ1) is 17.2. The summed E-state index contributed by atoms with van der Waals surface area (Å²) >= 11 is 0. The van der Waals surface area contributed by atoms with E-state index in [0.29, 0.717) is 19.3 Å². The Hall–Kier alpha value is -2.65. The number of H-pyrrole nitrogens is 1. The number of nitrogens with two attached hydrogens (primary N) is 1. The maximum absolute atomic E-state index is 12.5. The van der Waals surface area contributed by atoms with E-state index < -0.39 is 11.6 Å². The molecule has 1 aromatic heterocycles. The van der Waals surface area contributed by atoms with Crippen molar-refractivity contribution in [1.29, 1.82) is 5.26 Å². The zero-order chi connectivity index (χ0) is 17.7. The molecular formula is C19H23N5O. The average Bonchev–Trinajstić information content (AvgIpc) is 3.17. The Kier molecular flexibility index (Phi) is 5.15. The van der Waals surface area contributed by atoms with Crippen molar-refractivity contribution in [3.8, 4) is 17.2 Å². The molecule has 6 heteroatoms. The zero-order valence-electron chi connectivity index (χ0n) is 14.2. The van der Waals surface area contributed by atoms with Gasteiger partial charge in [-0.05, 0) is 24.0 Å². The minimum Gasteiger partial charge on any atom is -0.338 e. The fourth-order valence-corrected chi connectivity index (χ4v) is 3.32. The molecule has 1 saturated carbocycles. The van der Waals surface area contributed by atoms with Crippen LogP contribution in [0.4, 0.5) is 0 Å². The monoisotopic (exact) mass is 337 g/mol. The summed E-state index contributed by atoms with van der Waals surface area (Å²) in [7, 11) is 0. The van der Waals surface area contributed by atoms with E-state index in [4.69, 9.17) is 5.73 Å². The molecule has 1 heterocycles. The Bertz CT molecular complexity index is 739. The first-order valence-electron chi connectivity index (χ1n) is 8.68. The van der Waals surface area contributed by atoms with Gasteiger partial charge in [0, 0.05) is 18.2 Å². The van der Waals surface area contributed by atoms with E-state index in [2.05, 4.69) is 21.6 Å². The third kappa shape index (κ3) is 4.06. The number of hydrogen-bond donors (Lipinski definition) is 3. The van der Waals surface area contributed by atoms with Crippen LogP contribution in [0.1, 0.15) is 37.7 Å². The number of aromatic amines is 1. The summed E-state index contributed by atoms with van der Waals surface area (Å²) in [5.74, 6) is -0.200. The number of nitriles is 1. The molecule has 3 rings (SSSR count). The van der Waals surface area contributed by atoms with Gasteiger partial charge in [0.05, 0.1) is 17.8 Å². The van der Waals surface area contributed by atoms with Crippen molar-refractivity contribution < 1.29 is 4.79 Å². The van der Waals surface area contributed by atoms with Gasteiger partial charge < -0.3 is 11.1 Å². The topological polar surface area (TPSA) is 108 Å². The molecule has 1 unspecified atom stereocenters. The van der Waals surface area contributed by atoms with Crippen molar-refractivity contribution >= 4 is 5.91 Å². The molecule has 1 aliphatic carbocycles. The Morgan fingerprint density at radius 3 is 2.60 bits per heavy atom. The molecule has 1 amide bonds. The Balaban J connectivity index is 1.62. The third-order valence-electron chi connectivity index (χ3n) is 4.88. The highest BCUT2D eigenvalue weighted by Gasteiger charge is 2.36. The number of rotatable bonds is 5.